The second kappa shape index (κ2) is 5.73. The Hall–Kier alpha value is -1.29. The molecule has 0 spiro atoms. The molecule has 9 heteroatoms. The summed E-state index contributed by atoms with van der Waals surface area (Å²) < 4.78 is 32.4. The molecule has 0 saturated heterocycles. The SMILES string of the molecule is CC(NS(=O)(=O)c1cccs1)c1nc(C2(N)CCCC2)no1. The van der Waals surface area contributed by atoms with Crippen LogP contribution in [0.25, 0.3) is 0 Å². The molecule has 2 aromatic rings. The highest BCUT2D eigenvalue weighted by atomic mass is 32.2. The molecule has 3 N–H and O–H groups in total. The van der Waals surface area contributed by atoms with Crippen molar-refractivity contribution in [3.05, 3.63) is 29.2 Å². The lowest BCUT2D eigenvalue weighted by Crippen LogP contribution is -2.34. The first-order valence-corrected chi connectivity index (χ1v) is 9.46. The van der Waals surface area contributed by atoms with Crippen molar-refractivity contribution in [3.8, 4) is 0 Å². The molecule has 1 fully saturated rings. The summed E-state index contributed by atoms with van der Waals surface area (Å²) in [5.74, 6) is 0.689. The van der Waals surface area contributed by atoms with Gasteiger partial charge in [0.25, 0.3) is 10.0 Å². The lowest BCUT2D eigenvalue weighted by molar-refractivity contribution is 0.333. The number of thiophene rings is 1. The minimum atomic E-state index is -3.58. The van der Waals surface area contributed by atoms with Gasteiger partial charge in [0.2, 0.25) is 5.89 Å². The van der Waals surface area contributed by atoms with E-state index in [2.05, 4.69) is 14.9 Å². The van der Waals surface area contributed by atoms with Gasteiger partial charge in [-0.1, -0.05) is 24.1 Å². The first kappa shape index (κ1) is 15.6. The van der Waals surface area contributed by atoms with Crippen LogP contribution in [0.5, 0.6) is 0 Å². The third-order valence-corrected chi connectivity index (χ3v) is 6.78. The average Bonchev–Trinajstić information content (AvgIpc) is 3.20. The topological polar surface area (TPSA) is 111 Å². The maximum Gasteiger partial charge on any atom is 0.250 e. The summed E-state index contributed by atoms with van der Waals surface area (Å²) in [6.07, 6.45) is 3.73. The smallest absolute Gasteiger partial charge is 0.250 e. The third-order valence-electron chi connectivity index (χ3n) is 3.85. The van der Waals surface area contributed by atoms with Gasteiger partial charge >= 0.3 is 0 Å². The van der Waals surface area contributed by atoms with Crippen LogP contribution in [0.1, 0.15) is 50.4 Å². The van der Waals surface area contributed by atoms with E-state index in [1.807, 2.05) is 0 Å². The molecular formula is C13H18N4O3S2. The van der Waals surface area contributed by atoms with Crippen LogP contribution >= 0.6 is 11.3 Å². The van der Waals surface area contributed by atoms with E-state index < -0.39 is 21.6 Å². The van der Waals surface area contributed by atoms with Crippen molar-refractivity contribution in [1.82, 2.24) is 14.9 Å². The molecule has 2 aromatic heterocycles. The minimum Gasteiger partial charge on any atom is -0.338 e. The zero-order valence-electron chi connectivity index (χ0n) is 12.2. The van der Waals surface area contributed by atoms with Crippen molar-refractivity contribution in [2.24, 2.45) is 5.73 Å². The van der Waals surface area contributed by atoms with Crippen molar-refractivity contribution < 1.29 is 12.9 Å². The number of sulfonamides is 1. The number of nitrogens with two attached hydrogens (primary N) is 1. The van der Waals surface area contributed by atoms with E-state index in [1.54, 1.807) is 24.4 Å². The molecule has 22 heavy (non-hydrogen) atoms. The van der Waals surface area contributed by atoms with Gasteiger partial charge in [-0.3, -0.25) is 0 Å². The lowest BCUT2D eigenvalue weighted by Gasteiger charge is -2.17. The molecule has 120 valence electrons. The van der Waals surface area contributed by atoms with E-state index in [9.17, 15) is 8.42 Å². The van der Waals surface area contributed by atoms with Crippen molar-refractivity contribution in [2.75, 3.05) is 0 Å². The first-order chi connectivity index (χ1) is 10.4. The number of aromatic nitrogens is 2. The monoisotopic (exact) mass is 342 g/mol. The van der Waals surface area contributed by atoms with Crippen molar-refractivity contribution in [1.29, 1.82) is 0 Å². The second-order valence-electron chi connectivity index (χ2n) is 5.59. The van der Waals surface area contributed by atoms with Gasteiger partial charge in [0.1, 0.15) is 4.21 Å². The molecular weight excluding hydrogens is 324 g/mol. The molecule has 0 aromatic carbocycles. The van der Waals surface area contributed by atoms with Crippen molar-refractivity contribution in [2.45, 2.75) is 48.4 Å². The van der Waals surface area contributed by atoms with Gasteiger partial charge in [0.05, 0.1) is 11.6 Å². The Bertz CT molecular complexity index is 733. The van der Waals surface area contributed by atoms with Crippen LogP contribution in [0.2, 0.25) is 0 Å². The fraction of sp³-hybridized carbons (Fsp3) is 0.538. The van der Waals surface area contributed by atoms with E-state index in [0.29, 0.717) is 5.82 Å². The maximum atomic E-state index is 12.2. The average molecular weight is 342 g/mol. The fourth-order valence-electron chi connectivity index (χ4n) is 2.60. The lowest BCUT2D eigenvalue weighted by atomic mass is 9.99. The quantitative estimate of drug-likeness (QED) is 0.858. The van der Waals surface area contributed by atoms with E-state index in [-0.39, 0.29) is 10.1 Å². The Morgan fingerprint density at radius 2 is 2.18 bits per heavy atom. The zero-order chi connectivity index (χ0) is 15.8. The fourth-order valence-corrected chi connectivity index (χ4v) is 4.81. The summed E-state index contributed by atoms with van der Waals surface area (Å²) in [6.45, 7) is 1.67. The standard InChI is InChI=1S/C13H18N4O3S2/c1-9(17-22(18,19)10-5-4-8-21-10)11-15-12(16-20-11)13(14)6-2-3-7-13/h4-5,8-9,17H,2-3,6-7,14H2,1H3. The van der Waals surface area contributed by atoms with Crippen LogP contribution in [-0.2, 0) is 15.6 Å². The van der Waals surface area contributed by atoms with E-state index >= 15 is 0 Å². The Balaban J connectivity index is 1.76. The normalized spacial score (nSPS) is 19.4. The van der Waals surface area contributed by atoms with Gasteiger partial charge in [-0.05, 0) is 31.2 Å². The van der Waals surface area contributed by atoms with E-state index in [4.69, 9.17) is 10.3 Å². The van der Waals surface area contributed by atoms with E-state index in [0.717, 1.165) is 37.0 Å². The van der Waals surface area contributed by atoms with Crippen molar-refractivity contribution in [3.63, 3.8) is 0 Å². The summed E-state index contributed by atoms with van der Waals surface area (Å²) in [6, 6.07) is 2.62. The Morgan fingerprint density at radius 3 is 2.82 bits per heavy atom. The number of hydrogen-bond donors (Lipinski definition) is 2. The van der Waals surface area contributed by atoms with Gasteiger partial charge < -0.3 is 10.3 Å². The maximum absolute atomic E-state index is 12.2. The van der Waals surface area contributed by atoms with Gasteiger partial charge in [-0.15, -0.1) is 11.3 Å². The Kier molecular flexibility index (Phi) is 4.06. The zero-order valence-corrected chi connectivity index (χ0v) is 13.8. The molecule has 1 aliphatic carbocycles. The first-order valence-electron chi connectivity index (χ1n) is 7.09. The molecule has 2 heterocycles. The number of hydrogen-bond acceptors (Lipinski definition) is 7. The largest absolute Gasteiger partial charge is 0.338 e. The van der Waals surface area contributed by atoms with Crippen LogP contribution in [0, 0.1) is 0 Å². The van der Waals surface area contributed by atoms with Crippen LogP contribution < -0.4 is 10.5 Å². The minimum absolute atomic E-state index is 0.229. The Labute approximate surface area is 133 Å². The highest BCUT2D eigenvalue weighted by molar-refractivity contribution is 7.91. The second-order valence-corrected chi connectivity index (χ2v) is 8.48. The molecule has 1 atom stereocenters. The molecule has 1 aliphatic rings. The highest BCUT2D eigenvalue weighted by Crippen LogP contribution is 2.35. The van der Waals surface area contributed by atoms with Crippen LogP contribution in [-0.4, -0.2) is 18.6 Å². The predicted octanol–water partition coefficient (Wildman–Crippen LogP) is 1.90. The van der Waals surface area contributed by atoms with Gasteiger partial charge in [-0.2, -0.15) is 9.71 Å². The summed E-state index contributed by atoms with van der Waals surface area (Å²) in [4.78, 5) is 4.30. The number of rotatable bonds is 5. The van der Waals surface area contributed by atoms with E-state index in [1.165, 1.54) is 0 Å². The molecule has 0 bridgehead atoms. The van der Waals surface area contributed by atoms with Gasteiger partial charge in [-0.25, -0.2) is 8.42 Å². The number of nitrogens with one attached hydrogen (secondary N) is 1. The molecule has 0 amide bonds. The van der Waals surface area contributed by atoms with Crippen LogP contribution in [0.4, 0.5) is 0 Å². The summed E-state index contributed by atoms with van der Waals surface area (Å²) >= 11 is 1.15. The van der Waals surface area contributed by atoms with Gasteiger partial charge in [0.15, 0.2) is 5.82 Å². The van der Waals surface area contributed by atoms with Crippen LogP contribution in [0.3, 0.4) is 0 Å². The molecule has 1 unspecified atom stereocenters. The summed E-state index contributed by atoms with van der Waals surface area (Å²) in [5, 5.41) is 5.65. The third kappa shape index (κ3) is 2.94. The summed E-state index contributed by atoms with van der Waals surface area (Å²) in [7, 11) is -3.58. The number of nitrogens with zero attached hydrogens (tertiary/aromatic N) is 2. The van der Waals surface area contributed by atoms with Crippen molar-refractivity contribution >= 4 is 21.4 Å². The Morgan fingerprint density at radius 1 is 1.45 bits per heavy atom. The molecule has 0 radical (unpaired) electrons. The molecule has 1 saturated carbocycles. The molecule has 0 aliphatic heterocycles. The molecule has 3 rings (SSSR count). The van der Waals surface area contributed by atoms with Gasteiger partial charge in [0, 0.05) is 0 Å². The van der Waals surface area contributed by atoms with Crippen LogP contribution in [0.15, 0.2) is 26.2 Å². The highest BCUT2D eigenvalue weighted by Gasteiger charge is 2.36. The predicted molar refractivity (Wildman–Crippen MR) is 81.7 cm³/mol. The summed E-state index contributed by atoms with van der Waals surface area (Å²) in [5.41, 5.74) is 5.73. The molecule has 7 nitrogen and oxygen atoms in total.